The zero-order valence-electron chi connectivity index (χ0n) is 19.4. The minimum absolute atomic E-state index is 0.0956. The van der Waals surface area contributed by atoms with E-state index in [0.29, 0.717) is 35.6 Å². The Morgan fingerprint density at radius 3 is 2.69 bits per heavy atom. The Morgan fingerprint density at radius 2 is 1.94 bits per heavy atom. The maximum atomic E-state index is 13.4. The van der Waals surface area contributed by atoms with Gasteiger partial charge in [0, 0.05) is 38.1 Å². The Bertz CT molecular complexity index is 1530. The predicted octanol–water partition coefficient (Wildman–Crippen LogP) is 4.08. The third-order valence-corrected chi connectivity index (χ3v) is 6.45. The van der Waals surface area contributed by atoms with Crippen molar-refractivity contribution in [2.45, 2.75) is 33.0 Å². The highest BCUT2D eigenvalue weighted by atomic mass is 35.5. The first-order valence-electron chi connectivity index (χ1n) is 11.1. The molecule has 178 valence electrons. The third kappa shape index (κ3) is 4.08. The van der Waals surface area contributed by atoms with E-state index < -0.39 is 5.97 Å². The molecule has 9 nitrogen and oxygen atoms in total. The molecule has 4 aromatic rings. The number of aromatic carboxylic acids is 1. The van der Waals surface area contributed by atoms with Crippen molar-refractivity contribution in [1.29, 1.82) is 0 Å². The molecular weight excluding hydrogens is 468 g/mol. The van der Waals surface area contributed by atoms with Gasteiger partial charge in [0.25, 0.3) is 5.56 Å². The molecule has 35 heavy (non-hydrogen) atoms. The number of aromatic nitrogens is 4. The molecule has 0 spiro atoms. The lowest BCUT2D eigenvalue weighted by atomic mass is 10.0. The van der Waals surface area contributed by atoms with Gasteiger partial charge in [-0.1, -0.05) is 17.7 Å². The SMILES string of the molecule is Cc1cc([C@@H](C)Nc2ccc(Cl)nc2C(=O)O)c2nc(N3Cc4ccncc4C3)n(C)c(=O)c2c1. The molecule has 0 saturated heterocycles. The number of rotatable bonds is 5. The molecule has 1 atom stereocenters. The van der Waals surface area contributed by atoms with E-state index in [9.17, 15) is 14.7 Å². The van der Waals surface area contributed by atoms with E-state index in [1.807, 2.05) is 38.2 Å². The van der Waals surface area contributed by atoms with Gasteiger partial charge in [0.05, 0.1) is 22.6 Å². The van der Waals surface area contributed by atoms with Crippen LogP contribution in [0.2, 0.25) is 5.15 Å². The number of hydrogen-bond donors (Lipinski definition) is 2. The van der Waals surface area contributed by atoms with Gasteiger partial charge in [-0.2, -0.15) is 0 Å². The van der Waals surface area contributed by atoms with Gasteiger partial charge in [-0.05, 0) is 54.8 Å². The third-order valence-electron chi connectivity index (χ3n) is 6.24. The Morgan fingerprint density at radius 1 is 1.17 bits per heavy atom. The number of hydrogen-bond acceptors (Lipinski definition) is 7. The van der Waals surface area contributed by atoms with Crippen LogP contribution in [0.15, 0.2) is 47.5 Å². The number of carboxylic acids is 1. The van der Waals surface area contributed by atoms with E-state index in [-0.39, 0.29) is 22.4 Å². The second-order valence-electron chi connectivity index (χ2n) is 8.73. The molecule has 5 rings (SSSR count). The van der Waals surface area contributed by atoms with Crippen LogP contribution >= 0.6 is 11.6 Å². The maximum Gasteiger partial charge on any atom is 0.356 e. The molecule has 1 aliphatic heterocycles. The van der Waals surface area contributed by atoms with Gasteiger partial charge in [-0.15, -0.1) is 0 Å². The Balaban J connectivity index is 1.60. The fourth-order valence-corrected chi connectivity index (χ4v) is 4.69. The van der Waals surface area contributed by atoms with Crippen LogP contribution in [0.25, 0.3) is 10.9 Å². The summed E-state index contributed by atoms with van der Waals surface area (Å²) in [6.45, 7) is 5.06. The van der Waals surface area contributed by atoms with Crippen LogP contribution in [-0.4, -0.2) is 30.6 Å². The van der Waals surface area contributed by atoms with Gasteiger partial charge >= 0.3 is 5.97 Å². The number of nitrogens with zero attached hydrogens (tertiary/aromatic N) is 5. The first kappa shape index (κ1) is 22.8. The molecule has 0 bridgehead atoms. The second kappa shape index (κ2) is 8.66. The van der Waals surface area contributed by atoms with E-state index in [1.165, 1.54) is 6.07 Å². The minimum Gasteiger partial charge on any atom is -0.476 e. The molecule has 3 aromatic heterocycles. The van der Waals surface area contributed by atoms with Crippen LogP contribution in [-0.2, 0) is 20.1 Å². The quantitative estimate of drug-likeness (QED) is 0.402. The summed E-state index contributed by atoms with van der Waals surface area (Å²) in [6.07, 6.45) is 3.61. The molecular formula is C25H23ClN6O3. The highest BCUT2D eigenvalue weighted by Crippen LogP contribution is 2.31. The van der Waals surface area contributed by atoms with Crippen molar-refractivity contribution in [1.82, 2.24) is 19.5 Å². The summed E-state index contributed by atoms with van der Waals surface area (Å²) in [7, 11) is 1.73. The Kier molecular flexibility index (Phi) is 5.64. The average Bonchev–Trinajstić information content (AvgIpc) is 3.26. The van der Waals surface area contributed by atoms with E-state index in [1.54, 1.807) is 23.9 Å². The average molecular weight is 491 g/mol. The topological polar surface area (TPSA) is 113 Å². The van der Waals surface area contributed by atoms with Gasteiger partial charge < -0.3 is 15.3 Å². The van der Waals surface area contributed by atoms with E-state index in [2.05, 4.69) is 20.2 Å². The smallest absolute Gasteiger partial charge is 0.356 e. The molecule has 2 N–H and O–H groups in total. The number of nitrogens with one attached hydrogen (secondary N) is 1. The fourth-order valence-electron chi connectivity index (χ4n) is 4.54. The zero-order chi connectivity index (χ0) is 24.9. The molecule has 4 heterocycles. The van der Waals surface area contributed by atoms with Gasteiger partial charge in [-0.25, -0.2) is 14.8 Å². The molecule has 0 unspecified atom stereocenters. The molecule has 0 saturated carbocycles. The first-order chi connectivity index (χ1) is 16.7. The van der Waals surface area contributed by atoms with E-state index in [0.717, 1.165) is 22.3 Å². The lowest BCUT2D eigenvalue weighted by Crippen LogP contribution is -2.28. The highest BCUT2D eigenvalue weighted by molar-refractivity contribution is 6.29. The number of carbonyl (C=O) groups is 1. The van der Waals surface area contributed by atoms with Crippen LogP contribution < -0.4 is 15.8 Å². The monoisotopic (exact) mass is 490 g/mol. The molecule has 1 aliphatic rings. The molecule has 1 aromatic carbocycles. The van der Waals surface area contributed by atoms with Gasteiger partial charge in [0.2, 0.25) is 5.95 Å². The fraction of sp³-hybridized carbons (Fsp3) is 0.240. The number of anilines is 2. The van der Waals surface area contributed by atoms with Crippen LogP contribution in [0.3, 0.4) is 0 Å². The molecule has 0 radical (unpaired) electrons. The summed E-state index contributed by atoms with van der Waals surface area (Å²) in [5, 5.41) is 13.4. The highest BCUT2D eigenvalue weighted by Gasteiger charge is 2.25. The summed E-state index contributed by atoms with van der Waals surface area (Å²) in [5.41, 5.74) is 4.54. The number of benzene rings is 1. The number of halogens is 1. The molecule has 0 amide bonds. The van der Waals surface area contributed by atoms with Gasteiger partial charge in [0.15, 0.2) is 5.69 Å². The van der Waals surface area contributed by atoms with Gasteiger partial charge in [-0.3, -0.25) is 14.3 Å². The summed E-state index contributed by atoms with van der Waals surface area (Å²) in [6, 6.07) is 8.52. The normalized spacial score (nSPS) is 13.7. The van der Waals surface area contributed by atoms with Crippen LogP contribution in [0.5, 0.6) is 0 Å². The molecule has 0 fully saturated rings. The van der Waals surface area contributed by atoms with Crippen molar-refractivity contribution in [3.05, 3.63) is 86.2 Å². The van der Waals surface area contributed by atoms with Crippen molar-refractivity contribution < 1.29 is 9.90 Å². The first-order valence-corrected chi connectivity index (χ1v) is 11.4. The van der Waals surface area contributed by atoms with Crippen molar-refractivity contribution in [3.8, 4) is 0 Å². The number of fused-ring (bicyclic) bond motifs is 2. The minimum atomic E-state index is -1.19. The standard InChI is InChI=1S/C25H23ClN6O3/c1-13-8-17(14(2)28-19-4-5-20(26)29-22(19)24(34)35)21-18(9-13)23(33)31(3)25(30-21)32-11-15-6-7-27-10-16(15)12-32/h4-10,14,28H,11-12H2,1-3H3,(H,34,35)/t14-/m1/s1. The van der Waals surface area contributed by atoms with Crippen LogP contribution in [0, 0.1) is 6.92 Å². The lowest BCUT2D eigenvalue weighted by molar-refractivity contribution is 0.0691. The summed E-state index contributed by atoms with van der Waals surface area (Å²) < 4.78 is 1.58. The number of aryl methyl sites for hydroxylation is 1. The molecule has 0 aliphatic carbocycles. The van der Waals surface area contributed by atoms with Crippen molar-refractivity contribution in [3.63, 3.8) is 0 Å². The van der Waals surface area contributed by atoms with Crippen molar-refractivity contribution in [2.75, 3.05) is 10.2 Å². The maximum absolute atomic E-state index is 13.4. The summed E-state index contributed by atoms with van der Waals surface area (Å²) in [4.78, 5) is 40.3. The Hall–Kier alpha value is -3.98. The van der Waals surface area contributed by atoms with Gasteiger partial charge in [0.1, 0.15) is 5.15 Å². The number of pyridine rings is 2. The summed E-state index contributed by atoms with van der Waals surface area (Å²) >= 11 is 5.90. The Labute approximate surface area is 206 Å². The largest absolute Gasteiger partial charge is 0.476 e. The van der Waals surface area contributed by atoms with Crippen LogP contribution in [0.1, 0.15) is 45.7 Å². The van der Waals surface area contributed by atoms with Crippen molar-refractivity contribution in [2.24, 2.45) is 7.05 Å². The summed E-state index contributed by atoms with van der Waals surface area (Å²) in [5.74, 6) is -0.621. The second-order valence-corrected chi connectivity index (χ2v) is 9.12. The predicted molar refractivity (Wildman–Crippen MR) is 134 cm³/mol. The van der Waals surface area contributed by atoms with E-state index >= 15 is 0 Å². The number of carboxylic acid groups (broad SMARTS) is 1. The molecule has 10 heteroatoms. The van der Waals surface area contributed by atoms with E-state index in [4.69, 9.17) is 16.6 Å². The van der Waals surface area contributed by atoms with Crippen molar-refractivity contribution >= 4 is 40.1 Å². The zero-order valence-corrected chi connectivity index (χ0v) is 20.2. The van der Waals surface area contributed by atoms with Crippen LogP contribution in [0.4, 0.5) is 11.6 Å². The lowest BCUT2D eigenvalue weighted by Gasteiger charge is -2.23.